The number of urea groups is 2. The molecule has 1 saturated heterocycles. The van der Waals surface area contributed by atoms with Crippen molar-refractivity contribution >= 4 is 72.5 Å². The number of nitrogens with one attached hydrogen (secondary N) is 3. The van der Waals surface area contributed by atoms with Crippen molar-refractivity contribution in [3.05, 3.63) is 80.5 Å². The van der Waals surface area contributed by atoms with Crippen LogP contribution >= 0.6 is 31.9 Å². The molecule has 0 spiro atoms. The highest BCUT2D eigenvalue weighted by molar-refractivity contribution is 9.11. The first-order valence-electron chi connectivity index (χ1n) is 14.5. The maximum Gasteiger partial charge on any atom is 0.511 e. The van der Waals surface area contributed by atoms with E-state index in [9.17, 15) is 14.4 Å². The van der Waals surface area contributed by atoms with Crippen molar-refractivity contribution in [2.75, 3.05) is 30.7 Å². The first kappa shape index (κ1) is 30.7. The molecular weight excluding hydrogens is 710 g/mol. The maximum atomic E-state index is 13.7. The van der Waals surface area contributed by atoms with Gasteiger partial charge in [0.25, 0.3) is 0 Å². The van der Waals surface area contributed by atoms with Crippen molar-refractivity contribution in [3.8, 4) is 5.75 Å². The van der Waals surface area contributed by atoms with E-state index < -0.39 is 12.2 Å². The normalized spacial score (nSPS) is 16.1. The number of hydrogen-bond acceptors (Lipinski definition) is 6. The fourth-order valence-electron chi connectivity index (χ4n) is 5.90. The summed E-state index contributed by atoms with van der Waals surface area (Å²) in [6, 6.07) is 15.5. The van der Waals surface area contributed by atoms with Gasteiger partial charge in [-0.05, 0) is 92.6 Å². The van der Waals surface area contributed by atoms with E-state index in [4.69, 9.17) is 15.6 Å². The summed E-state index contributed by atoms with van der Waals surface area (Å²) in [4.78, 5) is 49.3. The van der Waals surface area contributed by atoms with Crippen molar-refractivity contribution in [1.29, 1.82) is 0 Å². The third-order valence-corrected chi connectivity index (χ3v) is 9.53. The first-order valence-corrected chi connectivity index (χ1v) is 16.1. The van der Waals surface area contributed by atoms with Crippen LogP contribution in [0.3, 0.4) is 0 Å². The number of para-hydroxylation sites is 1. The fourth-order valence-corrected chi connectivity index (χ4v) is 7.18. The highest BCUT2D eigenvalue weighted by atomic mass is 79.9. The number of carbonyl (C=O) groups is 3. The van der Waals surface area contributed by atoms with Gasteiger partial charge in [0.2, 0.25) is 0 Å². The average Bonchev–Trinajstić information content (AvgIpc) is 3.36. The number of amides is 4. The van der Waals surface area contributed by atoms with Gasteiger partial charge in [0.05, 0.1) is 22.8 Å². The minimum absolute atomic E-state index is 0.0289. The molecule has 0 radical (unpaired) electrons. The zero-order chi connectivity index (χ0) is 31.7. The van der Waals surface area contributed by atoms with Gasteiger partial charge in [-0.25, -0.2) is 19.4 Å². The van der Waals surface area contributed by atoms with Crippen LogP contribution in [0.2, 0.25) is 0 Å². The Kier molecular flexibility index (Phi) is 8.85. The number of carbonyl (C=O) groups excluding carboxylic acids is 2. The van der Waals surface area contributed by atoms with Crippen molar-refractivity contribution in [2.45, 2.75) is 37.8 Å². The summed E-state index contributed by atoms with van der Waals surface area (Å²) in [7, 11) is 0. The fraction of sp³-hybridized carbons (Fsp3) is 0.290. The van der Waals surface area contributed by atoms with Crippen LogP contribution in [0.4, 0.5) is 25.8 Å². The van der Waals surface area contributed by atoms with Crippen molar-refractivity contribution in [3.63, 3.8) is 0 Å². The Bertz CT molecular complexity index is 1750. The molecule has 6 N–H and O–H groups in total. The Labute approximate surface area is 275 Å². The lowest BCUT2D eigenvalue weighted by Crippen LogP contribution is -2.52. The van der Waals surface area contributed by atoms with Gasteiger partial charge in [-0.2, -0.15) is 0 Å². The second-order valence-electron chi connectivity index (χ2n) is 11.1. The van der Waals surface area contributed by atoms with Crippen LogP contribution in [0.5, 0.6) is 5.75 Å². The van der Waals surface area contributed by atoms with E-state index in [2.05, 4.69) is 52.5 Å². The van der Waals surface area contributed by atoms with E-state index in [0.717, 1.165) is 32.2 Å². The second-order valence-corrected chi connectivity index (χ2v) is 12.8. The molecule has 4 aromatic rings. The summed E-state index contributed by atoms with van der Waals surface area (Å²) < 4.78 is 6.23. The number of anilines is 2. The van der Waals surface area contributed by atoms with Gasteiger partial charge in [0, 0.05) is 52.8 Å². The number of ether oxygens (including phenoxy) is 1. The Balaban J connectivity index is 1.17. The van der Waals surface area contributed by atoms with Crippen molar-refractivity contribution in [1.82, 2.24) is 25.1 Å². The number of nitrogens with zero attached hydrogens (tertiary/aromatic N) is 3. The lowest BCUT2D eigenvalue weighted by Gasteiger charge is -2.38. The topological polar surface area (TPSA) is 166 Å². The zero-order valence-corrected chi connectivity index (χ0v) is 27.2. The SMILES string of the molecule is Nc1c(Br)cc(C[C@@H](NC(=O)N2CCC(N3CCc4ccccc4NC3=O)CC2)c2nc3cc(OC(=O)O)ccc3[nH]2)cc1Br. The molecule has 4 amide bonds. The summed E-state index contributed by atoms with van der Waals surface area (Å²) in [5.74, 6) is 0.649. The lowest BCUT2D eigenvalue weighted by atomic mass is 10.0. The molecule has 2 aliphatic rings. The van der Waals surface area contributed by atoms with E-state index in [0.29, 0.717) is 61.4 Å². The number of hydrogen-bond donors (Lipinski definition) is 5. The minimum Gasteiger partial charge on any atom is -0.449 e. The van der Waals surface area contributed by atoms with Gasteiger partial charge in [-0.3, -0.25) is 0 Å². The van der Waals surface area contributed by atoms with Gasteiger partial charge < -0.3 is 41.0 Å². The molecule has 0 aliphatic carbocycles. The van der Waals surface area contributed by atoms with Crippen LogP contribution in [0.1, 0.15) is 35.8 Å². The second kappa shape index (κ2) is 13.0. The number of fused-ring (bicyclic) bond motifs is 2. The molecule has 12 nitrogen and oxygen atoms in total. The standard InChI is InChI=1S/C31H31Br2N7O5/c32-21-13-17(14-22(33)27(21)34)15-26(28-35-24-6-5-20(45-31(43)44)16-25(24)36-28)38-29(41)39-10-8-19(9-11-39)40-12-7-18-3-1-2-4-23(18)37-30(40)42/h1-6,13-14,16,19,26H,7-12,15,34H2,(H,35,36)(H,37,42)(H,38,41)(H,43,44)/t26-/m1/s1. The lowest BCUT2D eigenvalue weighted by molar-refractivity contribution is 0.133. The van der Waals surface area contributed by atoms with Crippen LogP contribution in [0.15, 0.2) is 63.5 Å². The van der Waals surface area contributed by atoms with E-state index in [1.165, 1.54) is 12.1 Å². The molecule has 45 heavy (non-hydrogen) atoms. The Morgan fingerprint density at radius 1 is 1.09 bits per heavy atom. The molecule has 234 valence electrons. The van der Waals surface area contributed by atoms with E-state index in [1.54, 1.807) is 11.0 Å². The van der Waals surface area contributed by atoms with E-state index >= 15 is 0 Å². The summed E-state index contributed by atoms with van der Waals surface area (Å²) in [6.45, 7) is 1.61. The molecule has 1 atom stereocenters. The maximum absolute atomic E-state index is 13.7. The van der Waals surface area contributed by atoms with Gasteiger partial charge >= 0.3 is 18.2 Å². The predicted molar refractivity (Wildman–Crippen MR) is 176 cm³/mol. The molecule has 2 aliphatic heterocycles. The highest BCUT2D eigenvalue weighted by Gasteiger charge is 2.32. The number of halogens is 2. The molecule has 0 bridgehead atoms. The summed E-state index contributed by atoms with van der Waals surface area (Å²) in [5, 5.41) is 15.2. The molecule has 14 heteroatoms. The number of benzene rings is 3. The van der Waals surface area contributed by atoms with Crippen molar-refractivity contribution < 1.29 is 24.2 Å². The third-order valence-electron chi connectivity index (χ3n) is 8.22. The third kappa shape index (κ3) is 6.86. The van der Waals surface area contributed by atoms with Gasteiger partial charge in [0.1, 0.15) is 11.6 Å². The van der Waals surface area contributed by atoms with Gasteiger partial charge in [-0.1, -0.05) is 18.2 Å². The van der Waals surface area contributed by atoms with Gasteiger partial charge in [-0.15, -0.1) is 0 Å². The monoisotopic (exact) mass is 739 g/mol. The van der Waals surface area contributed by atoms with Crippen LogP contribution in [0.25, 0.3) is 11.0 Å². The van der Waals surface area contributed by atoms with E-state index in [1.807, 2.05) is 41.3 Å². The predicted octanol–water partition coefficient (Wildman–Crippen LogP) is 6.27. The number of nitrogen functional groups attached to an aromatic ring is 1. The Morgan fingerprint density at radius 3 is 2.56 bits per heavy atom. The molecular formula is C31H31Br2N7O5. The largest absolute Gasteiger partial charge is 0.511 e. The number of imidazole rings is 1. The van der Waals surface area contributed by atoms with Crippen LogP contribution in [-0.4, -0.2) is 68.8 Å². The molecule has 0 saturated carbocycles. The molecule has 3 aromatic carbocycles. The number of aromatic nitrogens is 2. The van der Waals surface area contributed by atoms with Crippen LogP contribution in [-0.2, 0) is 12.8 Å². The Morgan fingerprint density at radius 2 is 1.82 bits per heavy atom. The first-order chi connectivity index (χ1) is 21.6. The van der Waals surface area contributed by atoms with E-state index in [-0.39, 0.29) is 23.9 Å². The van der Waals surface area contributed by atoms with Gasteiger partial charge in [0.15, 0.2) is 0 Å². The molecule has 1 aromatic heterocycles. The molecule has 6 rings (SSSR count). The van der Waals surface area contributed by atoms with Crippen molar-refractivity contribution in [2.24, 2.45) is 0 Å². The number of H-pyrrole nitrogens is 1. The number of rotatable bonds is 6. The summed E-state index contributed by atoms with van der Waals surface area (Å²) in [5.41, 5.74) is 10.7. The quantitative estimate of drug-likeness (QED) is 0.0882. The zero-order valence-electron chi connectivity index (χ0n) is 24.1. The number of aromatic amines is 1. The number of carboxylic acid groups (broad SMARTS) is 1. The smallest absolute Gasteiger partial charge is 0.449 e. The number of piperidine rings is 1. The Hall–Kier alpha value is -4.30. The molecule has 1 fully saturated rings. The summed E-state index contributed by atoms with van der Waals surface area (Å²) >= 11 is 7.00. The summed E-state index contributed by atoms with van der Waals surface area (Å²) in [6.07, 6.45) is 1.08. The average molecular weight is 741 g/mol. The number of likely N-dealkylation sites (tertiary alicyclic amines) is 1. The highest BCUT2D eigenvalue weighted by Crippen LogP contribution is 2.32. The van der Waals surface area contributed by atoms with Crippen LogP contribution in [0, 0.1) is 0 Å². The molecule has 0 unspecified atom stereocenters. The minimum atomic E-state index is -1.42. The van der Waals surface area contributed by atoms with Crippen LogP contribution < -0.4 is 21.1 Å². The number of nitrogens with two attached hydrogens (primary N) is 1. The molecule has 3 heterocycles.